The predicted molar refractivity (Wildman–Crippen MR) is 76.8 cm³/mol. The summed E-state index contributed by atoms with van der Waals surface area (Å²) < 4.78 is 1.47. The van der Waals surface area contributed by atoms with E-state index < -0.39 is 0 Å². The summed E-state index contributed by atoms with van der Waals surface area (Å²) in [6, 6.07) is 1.91. The van der Waals surface area contributed by atoms with E-state index in [1.165, 1.54) is 16.0 Å². The van der Waals surface area contributed by atoms with Gasteiger partial charge in [0, 0.05) is 10.6 Å². The lowest BCUT2D eigenvalue weighted by molar-refractivity contribution is 0.0942. The fourth-order valence-electron chi connectivity index (χ4n) is 2.76. The molecule has 1 aliphatic rings. The van der Waals surface area contributed by atoms with Crippen molar-refractivity contribution in [2.75, 3.05) is 5.73 Å². The first kappa shape index (κ1) is 12.4. The van der Waals surface area contributed by atoms with Crippen LogP contribution in [0.4, 0.5) is 5.00 Å². The van der Waals surface area contributed by atoms with Crippen LogP contribution in [-0.2, 0) is 12.8 Å². The number of fused-ring (bicyclic) bond motifs is 1. The third-order valence-corrected chi connectivity index (χ3v) is 4.74. The highest BCUT2D eigenvalue weighted by molar-refractivity contribution is 7.16. The Balaban J connectivity index is 2.09. The number of carbonyl (C=O) groups excluding carboxylic acids is 1. The van der Waals surface area contributed by atoms with Gasteiger partial charge < -0.3 is 5.73 Å². The maximum atomic E-state index is 12.7. The minimum Gasteiger partial charge on any atom is -0.390 e. The summed E-state index contributed by atoms with van der Waals surface area (Å²) in [7, 11) is 0. The third-order valence-electron chi connectivity index (χ3n) is 3.61. The highest BCUT2D eigenvalue weighted by Gasteiger charge is 2.26. The van der Waals surface area contributed by atoms with Crippen LogP contribution in [-0.4, -0.2) is 15.7 Å². The Morgan fingerprint density at radius 2 is 2.11 bits per heavy atom. The van der Waals surface area contributed by atoms with E-state index in [0.717, 1.165) is 36.2 Å². The number of nitrogens with zero attached hydrogens (tertiary/aromatic N) is 2. The van der Waals surface area contributed by atoms with E-state index in [0.29, 0.717) is 10.6 Å². The molecule has 2 N–H and O–H groups in total. The Bertz CT molecular complexity index is 654. The monoisotopic (exact) mass is 275 g/mol. The summed E-state index contributed by atoms with van der Waals surface area (Å²) in [4.78, 5) is 13.9. The molecule has 2 aromatic heterocycles. The number of hydrogen-bond acceptors (Lipinski definition) is 4. The van der Waals surface area contributed by atoms with Crippen LogP contribution >= 0.6 is 11.3 Å². The molecule has 0 saturated heterocycles. The molecule has 0 saturated carbocycles. The number of thiophene rings is 1. The highest BCUT2D eigenvalue weighted by atomic mass is 32.1. The molecule has 19 heavy (non-hydrogen) atoms. The molecule has 0 bridgehead atoms. The summed E-state index contributed by atoms with van der Waals surface area (Å²) in [6.07, 6.45) is 4.35. The summed E-state index contributed by atoms with van der Waals surface area (Å²) in [5.74, 6) is -0.0810. The van der Waals surface area contributed by atoms with E-state index in [2.05, 4.69) is 5.10 Å². The van der Waals surface area contributed by atoms with Crippen molar-refractivity contribution in [3.8, 4) is 0 Å². The Labute approximate surface area is 116 Å². The maximum Gasteiger partial charge on any atom is 0.281 e. The van der Waals surface area contributed by atoms with E-state index in [4.69, 9.17) is 5.73 Å². The lowest BCUT2D eigenvalue weighted by Crippen LogP contribution is -2.18. The summed E-state index contributed by atoms with van der Waals surface area (Å²) >= 11 is 1.57. The number of aromatic nitrogens is 2. The number of rotatable bonds is 1. The van der Waals surface area contributed by atoms with Gasteiger partial charge in [-0.25, -0.2) is 4.68 Å². The van der Waals surface area contributed by atoms with Gasteiger partial charge in [0.15, 0.2) is 0 Å². The molecule has 5 heteroatoms. The molecule has 0 atom stereocenters. The van der Waals surface area contributed by atoms with E-state index in [1.807, 2.05) is 19.9 Å². The molecule has 0 aliphatic heterocycles. The van der Waals surface area contributed by atoms with Crippen molar-refractivity contribution in [3.63, 3.8) is 0 Å². The lowest BCUT2D eigenvalue weighted by atomic mass is 9.95. The van der Waals surface area contributed by atoms with Crippen LogP contribution in [0.1, 0.15) is 45.0 Å². The average Bonchev–Trinajstić information content (AvgIpc) is 2.87. The van der Waals surface area contributed by atoms with Gasteiger partial charge >= 0.3 is 0 Å². The summed E-state index contributed by atoms with van der Waals surface area (Å²) in [6.45, 7) is 3.79. The molecule has 100 valence electrons. The Hall–Kier alpha value is -1.62. The van der Waals surface area contributed by atoms with Crippen molar-refractivity contribution in [3.05, 3.63) is 33.5 Å². The average molecular weight is 275 g/mol. The van der Waals surface area contributed by atoms with Crippen molar-refractivity contribution < 1.29 is 4.79 Å². The van der Waals surface area contributed by atoms with Crippen LogP contribution in [0.2, 0.25) is 0 Å². The Kier molecular flexibility index (Phi) is 2.93. The van der Waals surface area contributed by atoms with Crippen molar-refractivity contribution in [2.24, 2.45) is 0 Å². The molecule has 2 aromatic rings. The molecule has 0 amide bonds. The fourth-order valence-corrected chi connectivity index (χ4v) is 3.91. The van der Waals surface area contributed by atoms with Crippen molar-refractivity contribution >= 4 is 22.2 Å². The summed E-state index contributed by atoms with van der Waals surface area (Å²) in [5, 5.41) is 4.92. The smallest absolute Gasteiger partial charge is 0.281 e. The fraction of sp³-hybridized carbons (Fsp3) is 0.429. The number of aryl methyl sites for hydroxylation is 3. The highest BCUT2D eigenvalue weighted by Crippen LogP contribution is 2.36. The molecule has 0 radical (unpaired) electrons. The van der Waals surface area contributed by atoms with Crippen LogP contribution in [0.5, 0.6) is 0 Å². The van der Waals surface area contributed by atoms with Crippen molar-refractivity contribution in [1.82, 2.24) is 9.78 Å². The maximum absolute atomic E-state index is 12.7. The molecule has 3 rings (SSSR count). The van der Waals surface area contributed by atoms with Crippen LogP contribution in [0.25, 0.3) is 0 Å². The van der Waals surface area contributed by atoms with Gasteiger partial charge in [-0.15, -0.1) is 11.3 Å². The van der Waals surface area contributed by atoms with Crippen LogP contribution in [0.15, 0.2) is 6.07 Å². The van der Waals surface area contributed by atoms with E-state index >= 15 is 0 Å². The van der Waals surface area contributed by atoms with Gasteiger partial charge in [-0.05, 0) is 51.2 Å². The Morgan fingerprint density at radius 1 is 1.37 bits per heavy atom. The van der Waals surface area contributed by atoms with E-state index in [1.54, 1.807) is 11.3 Å². The largest absolute Gasteiger partial charge is 0.390 e. The molecular formula is C14H17N3OS. The van der Waals surface area contributed by atoms with Crippen LogP contribution < -0.4 is 5.73 Å². The van der Waals surface area contributed by atoms with Gasteiger partial charge in [0.25, 0.3) is 5.91 Å². The zero-order valence-electron chi connectivity index (χ0n) is 11.2. The summed E-state index contributed by atoms with van der Waals surface area (Å²) in [5.41, 5.74) is 9.63. The SMILES string of the molecule is Cc1cc(C)n(C(=O)c2c(N)sc3c2CCCC3)n1. The van der Waals surface area contributed by atoms with Crippen LogP contribution in [0.3, 0.4) is 0 Å². The van der Waals surface area contributed by atoms with Gasteiger partial charge in [-0.3, -0.25) is 4.79 Å². The predicted octanol–water partition coefficient (Wildman–Crippen LogP) is 2.71. The van der Waals surface area contributed by atoms with Crippen molar-refractivity contribution in [1.29, 1.82) is 0 Å². The standard InChI is InChI=1S/C14H17N3OS/c1-8-7-9(2)17(16-8)14(18)12-10-5-3-4-6-11(10)19-13(12)15/h7H,3-6,15H2,1-2H3. The second-order valence-electron chi connectivity index (χ2n) is 5.09. The minimum atomic E-state index is -0.0810. The normalized spacial score (nSPS) is 14.4. The number of nitrogen functional groups attached to an aromatic ring is 1. The molecule has 1 aliphatic carbocycles. The number of carbonyl (C=O) groups is 1. The molecule has 2 heterocycles. The number of anilines is 1. The van der Waals surface area contributed by atoms with Gasteiger partial charge in [0.1, 0.15) is 0 Å². The van der Waals surface area contributed by atoms with Gasteiger partial charge in [0.2, 0.25) is 0 Å². The minimum absolute atomic E-state index is 0.0810. The topological polar surface area (TPSA) is 60.9 Å². The molecule has 4 nitrogen and oxygen atoms in total. The zero-order chi connectivity index (χ0) is 13.6. The molecule has 0 unspecified atom stereocenters. The van der Waals surface area contributed by atoms with Gasteiger partial charge in [0.05, 0.1) is 16.3 Å². The first-order chi connectivity index (χ1) is 9.08. The third kappa shape index (κ3) is 1.98. The van der Waals surface area contributed by atoms with Gasteiger partial charge in [-0.2, -0.15) is 5.10 Å². The quantitative estimate of drug-likeness (QED) is 0.870. The van der Waals surface area contributed by atoms with Gasteiger partial charge in [-0.1, -0.05) is 0 Å². The molecular weight excluding hydrogens is 258 g/mol. The molecule has 0 fully saturated rings. The number of nitrogens with two attached hydrogens (primary N) is 1. The van der Waals surface area contributed by atoms with E-state index in [9.17, 15) is 4.79 Å². The zero-order valence-corrected chi connectivity index (χ0v) is 12.0. The molecule has 0 spiro atoms. The number of hydrogen-bond donors (Lipinski definition) is 1. The lowest BCUT2D eigenvalue weighted by Gasteiger charge is -2.12. The van der Waals surface area contributed by atoms with Crippen molar-refractivity contribution in [2.45, 2.75) is 39.5 Å². The second-order valence-corrected chi connectivity index (χ2v) is 6.23. The first-order valence-corrected chi connectivity index (χ1v) is 7.37. The van der Waals surface area contributed by atoms with Crippen LogP contribution in [0, 0.1) is 13.8 Å². The second kappa shape index (κ2) is 4.49. The Morgan fingerprint density at radius 3 is 2.79 bits per heavy atom. The van der Waals surface area contributed by atoms with E-state index in [-0.39, 0.29) is 5.91 Å². The first-order valence-electron chi connectivity index (χ1n) is 6.56. The molecule has 0 aromatic carbocycles.